The second-order valence-electron chi connectivity index (χ2n) is 4.09. The standard InChI is InChI=1S/C14H13BrN2O3/c1-16-14-7-4-12(17(18)19)8-10(14)9-20-13-5-2-11(15)3-6-13/h2-8,16H,9H2,1H3. The number of halogens is 1. The molecular formula is C14H13BrN2O3. The van der Waals surface area contributed by atoms with Crippen LogP contribution in [-0.2, 0) is 6.61 Å². The van der Waals surface area contributed by atoms with Crippen LogP contribution in [0.5, 0.6) is 5.75 Å². The molecule has 0 bridgehead atoms. The third-order valence-electron chi connectivity index (χ3n) is 2.78. The monoisotopic (exact) mass is 336 g/mol. The number of hydrogen-bond donors (Lipinski definition) is 1. The lowest BCUT2D eigenvalue weighted by Gasteiger charge is -2.10. The molecule has 5 nitrogen and oxygen atoms in total. The number of anilines is 1. The van der Waals surface area contributed by atoms with Gasteiger partial charge in [0.1, 0.15) is 12.4 Å². The molecule has 0 atom stereocenters. The summed E-state index contributed by atoms with van der Waals surface area (Å²) in [6.45, 7) is 0.263. The third kappa shape index (κ3) is 3.48. The first kappa shape index (κ1) is 14.3. The maximum Gasteiger partial charge on any atom is 0.269 e. The molecule has 20 heavy (non-hydrogen) atoms. The molecule has 0 heterocycles. The van der Waals surface area contributed by atoms with Crippen molar-refractivity contribution in [2.75, 3.05) is 12.4 Å². The molecule has 2 aromatic carbocycles. The van der Waals surface area contributed by atoms with Crippen molar-refractivity contribution < 1.29 is 9.66 Å². The summed E-state index contributed by atoms with van der Waals surface area (Å²) in [5.41, 5.74) is 1.61. The zero-order valence-electron chi connectivity index (χ0n) is 10.8. The van der Waals surface area contributed by atoms with E-state index in [0.717, 1.165) is 15.7 Å². The molecule has 1 N–H and O–H groups in total. The van der Waals surface area contributed by atoms with Gasteiger partial charge in [0.25, 0.3) is 5.69 Å². The van der Waals surface area contributed by atoms with E-state index in [2.05, 4.69) is 21.2 Å². The number of ether oxygens (including phenoxy) is 1. The Bertz CT molecular complexity index is 614. The van der Waals surface area contributed by atoms with Crippen LogP contribution < -0.4 is 10.1 Å². The molecule has 0 saturated heterocycles. The van der Waals surface area contributed by atoms with Gasteiger partial charge in [-0.3, -0.25) is 10.1 Å². The highest BCUT2D eigenvalue weighted by Crippen LogP contribution is 2.24. The van der Waals surface area contributed by atoms with Gasteiger partial charge in [-0.1, -0.05) is 15.9 Å². The van der Waals surface area contributed by atoms with Gasteiger partial charge in [0.05, 0.1) is 4.92 Å². The number of non-ortho nitro benzene ring substituents is 1. The van der Waals surface area contributed by atoms with Crippen molar-refractivity contribution in [2.45, 2.75) is 6.61 Å². The van der Waals surface area contributed by atoms with Crippen LogP contribution in [0.4, 0.5) is 11.4 Å². The Balaban J connectivity index is 2.16. The highest BCUT2D eigenvalue weighted by molar-refractivity contribution is 9.10. The van der Waals surface area contributed by atoms with E-state index >= 15 is 0 Å². The fourth-order valence-electron chi connectivity index (χ4n) is 1.75. The highest BCUT2D eigenvalue weighted by Gasteiger charge is 2.10. The molecule has 2 rings (SSSR count). The second-order valence-corrected chi connectivity index (χ2v) is 5.01. The van der Waals surface area contributed by atoms with Crippen LogP contribution in [0.3, 0.4) is 0 Å². The molecule has 0 amide bonds. The van der Waals surface area contributed by atoms with Crippen LogP contribution in [-0.4, -0.2) is 12.0 Å². The summed E-state index contributed by atoms with van der Waals surface area (Å²) in [7, 11) is 1.77. The van der Waals surface area contributed by atoms with Gasteiger partial charge in [0.2, 0.25) is 0 Å². The van der Waals surface area contributed by atoms with Gasteiger partial charge in [0, 0.05) is 34.9 Å². The van der Waals surface area contributed by atoms with Crippen molar-refractivity contribution in [3.05, 3.63) is 62.6 Å². The molecule has 0 aliphatic rings. The van der Waals surface area contributed by atoms with E-state index in [-0.39, 0.29) is 12.3 Å². The van der Waals surface area contributed by atoms with E-state index in [1.807, 2.05) is 24.3 Å². The maximum absolute atomic E-state index is 10.8. The van der Waals surface area contributed by atoms with E-state index in [9.17, 15) is 10.1 Å². The van der Waals surface area contributed by atoms with Crippen molar-refractivity contribution in [3.63, 3.8) is 0 Å². The number of rotatable bonds is 5. The van der Waals surface area contributed by atoms with Gasteiger partial charge in [-0.2, -0.15) is 0 Å². The minimum atomic E-state index is -0.414. The largest absolute Gasteiger partial charge is 0.489 e. The van der Waals surface area contributed by atoms with Crippen LogP contribution in [0.15, 0.2) is 46.9 Å². The molecule has 0 aromatic heterocycles. The Hall–Kier alpha value is -2.08. The SMILES string of the molecule is CNc1ccc([N+](=O)[O-])cc1COc1ccc(Br)cc1. The number of nitrogens with zero attached hydrogens (tertiary/aromatic N) is 1. The maximum atomic E-state index is 10.8. The third-order valence-corrected chi connectivity index (χ3v) is 3.31. The minimum Gasteiger partial charge on any atom is -0.489 e. The number of nitro groups is 1. The Morgan fingerprint density at radius 3 is 2.55 bits per heavy atom. The van der Waals surface area contributed by atoms with E-state index in [1.165, 1.54) is 12.1 Å². The number of benzene rings is 2. The molecule has 104 valence electrons. The van der Waals surface area contributed by atoms with Gasteiger partial charge in [-0.05, 0) is 30.3 Å². The lowest BCUT2D eigenvalue weighted by atomic mass is 10.1. The van der Waals surface area contributed by atoms with Crippen molar-refractivity contribution in [1.82, 2.24) is 0 Å². The van der Waals surface area contributed by atoms with Crippen LogP contribution in [0.2, 0.25) is 0 Å². The van der Waals surface area contributed by atoms with Crippen LogP contribution in [0, 0.1) is 10.1 Å². The van der Waals surface area contributed by atoms with Crippen molar-refractivity contribution >= 4 is 27.3 Å². The first-order valence-corrected chi connectivity index (χ1v) is 6.73. The highest BCUT2D eigenvalue weighted by atomic mass is 79.9. The van der Waals surface area contributed by atoms with Crippen molar-refractivity contribution in [2.24, 2.45) is 0 Å². The van der Waals surface area contributed by atoms with E-state index in [4.69, 9.17) is 4.74 Å². The van der Waals surface area contributed by atoms with E-state index < -0.39 is 4.92 Å². The van der Waals surface area contributed by atoms with Crippen LogP contribution in [0.1, 0.15) is 5.56 Å². The Morgan fingerprint density at radius 2 is 1.95 bits per heavy atom. The predicted molar refractivity (Wildman–Crippen MR) is 81.1 cm³/mol. The summed E-state index contributed by atoms with van der Waals surface area (Å²) in [6, 6.07) is 12.1. The first-order valence-electron chi connectivity index (χ1n) is 5.93. The molecule has 0 aliphatic heterocycles. The van der Waals surface area contributed by atoms with Crippen molar-refractivity contribution in [3.8, 4) is 5.75 Å². The van der Waals surface area contributed by atoms with Gasteiger partial charge in [0.15, 0.2) is 0 Å². The van der Waals surface area contributed by atoms with Crippen molar-refractivity contribution in [1.29, 1.82) is 0 Å². The molecule has 0 fully saturated rings. The van der Waals surface area contributed by atoms with E-state index in [1.54, 1.807) is 13.1 Å². The van der Waals surface area contributed by atoms with E-state index in [0.29, 0.717) is 5.75 Å². The fraction of sp³-hybridized carbons (Fsp3) is 0.143. The average molecular weight is 337 g/mol. The molecular weight excluding hydrogens is 324 g/mol. The second kappa shape index (κ2) is 6.38. The molecule has 0 radical (unpaired) electrons. The Labute approximate surface area is 124 Å². The van der Waals surface area contributed by atoms with Gasteiger partial charge >= 0.3 is 0 Å². The molecule has 0 aliphatic carbocycles. The fourth-order valence-corrected chi connectivity index (χ4v) is 2.01. The normalized spacial score (nSPS) is 10.1. The lowest BCUT2D eigenvalue weighted by Crippen LogP contribution is -2.02. The number of nitrogens with one attached hydrogen (secondary N) is 1. The lowest BCUT2D eigenvalue weighted by molar-refractivity contribution is -0.384. The summed E-state index contributed by atoms with van der Waals surface area (Å²) in [4.78, 5) is 10.4. The molecule has 2 aromatic rings. The summed E-state index contributed by atoms with van der Waals surface area (Å²) in [5.74, 6) is 0.710. The Kier molecular flexibility index (Phi) is 4.57. The number of nitro benzene ring substituents is 1. The van der Waals surface area contributed by atoms with Gasteiger partial charge < -0.3 is 10.1 Å². The quantitative estimate of drug-likeness (QED) is 0.662. The Morgan fingerprint density at radius 1 is 1.25 bits per heavy atom. The predicted octanol–water partition coefficient (Wildman–Crippen LogP) is 3.98. The summed E-state index contributed by atoms with van der Waals surface area (Å²) in [5, 5.41) is 13.8. The van der Waals surface area contributed by atoms with Gasteiger partial charge in [-0.25, -0.2) is 0 Å². The first-order chi connectivity index (χ1) is 9.60. The smallest absolute Gasteiger partial charge is 0.269 e. The molecule has 0 saturated carbocycles. The minimum absolute atomic E-state index is 0.0541. The molecule has 0 spiro atoms. The zero-order chi connectivity index (χ0) is 14.5. The molecule has 0 unspecified atom stereocenters. The van der Waals surface area contributed by atoms with Gasteiger partial charge in [-0.15, -0.1) is 0 Å². The van der Waals surface area contributed by atoms with Crippen LogP contribution >= 0.6 is 15.9 Å². The topological polar surface area (TPSA) is 64.4 Å². The average Bonchev–Trinajstić information content (AvgIpc) is 2.46. The summed E-state index contributed by atoms with van der Waals surface area (Å²) < 4.78 is 6.61. The van der Waals surface area contributed by atoms with Crippen LogP contribution in [0.25, 0.3) is 0 Å². The summed E-state index contributed by atoms with van der Waals surface area (Å²) >= 11 is 3.35. The number of hydrogen-bond acceptors (Lipinski definition) is 4. The zero-order valence-corrected chi connectivity index (χ0v) is 12.4. The summed E-state index contributed by atoms with van der Waals surface area (Å²) in [6.07, 6.45) is 0. The molecule has 6 heteroatoms.